The fraction of sp³-hybridized carbons (Fsp3) is 0.381. The number of rotatable bonds is 6. The van der Waals surface area contributed by atoms with E-state index in [0.29, 0.717) is 6.54 Å². The molecule has 0 spiro atoms. The van der Waals surface area contributed by atoms with Crippen molar-refractivity contribution in [2.75, 3.05) is 26.2 Å². The number of thioether (sulfide) groups is 1. The van der Waals surface area contributed by atoms with Gasteiger partial charge in [0.25, 0.3) is 5.56 Å². The monoisotopic (exact) mass is 428 g/mol. The number of benzene rings is 1. The van der Waals surface area contributed by atoms with Gasteiger partial charge in [-0.05, 0) is 12.5 Å². The summed E-state index contributed by atoms with van der Waals surface area (Å²) in [5.41, 5.74) is 2.00. The zero-order valence-electron chi connectivity index (χ0n) is 16.4. The molecule has 3 aromatic rings. The third-order valence-electron chi connectivity index (χ3n) is 5.12. The first kappa shape index (κ1) is 20.1. The Morgan fingerprint density at radius 1 is 1.21 bits per heavy atom. The van der Waals surface area contributed by atoms with Gasteiger partial charge < -0.3 is 4.90 Å². The lowest BCUT2D eigenvalue weighted by Crippen LogP contribution is -2.50. The van der Waals surface area contributed by atoms with Crippen molar-refractivity contribution in [1.82, 2.24) is 19.2 Å². The van der Waals surface area contributed by atoms with Crippen LogP contribution >= 0.6 is 23.1 Å². The van der Waals surface area contributed by atoms with Crippen LogP contribution in [0.2, 0.25) is 0 Å². The molecule has 1 saturated heterocycles. The molecule has 1 amide bonds. The van der Waals surface area contributed by atoms with Crippen molar-refractivity contribution in [3.63, 3.8) is 0 Å². The first-order chi connectivity index (χ1) is 14.1. The molecule has 1 fully saturated rings. The fourth-order valence-electron chi connectivity index (χ4n) is 3.45. The van der Waals surface area contributed by atoms with Crippen LogP contribution in [0.25, 0.3) is 4.96 Å². The van der Waals surface area contributed by atoms with Crippen LogP contribution in [0, 0.1) is 0 Å². The van der Waals surface area contributed by atoms with Gasteiger partial charge in [0, 0.05) is 56.1 Å². The lowest BCUT2D eigenvalue weighted by atomic mass is 10.2. The van der Waals surface area contributed by atoms with Crippen molar-refractivity contribution >= 4 is 34.0 Å². The molecule has 2 aromatic heterocycles. The quantitative estimate of drug-likeness (QED) is 0.604. The van der Waals surface area contributed by atoms with Crippen molar-refractivity contribution in [2.45, 2.75) is 24.5 Å². The SMILES string of the molecule is CC(SCc1ccccc1)C(=O)N1CCN(Cc2cc(=O)n3ccsc3n2)CC1. The van der Waals surface area contributed by atoms with Gasteiger partial charge in [0.2, 0.25) is 5.91 Å². The van der Waals surface area contributed by atoms with Gasteiger partial charge in [-0.2, -0.15) is 0 Å². The molecule has 0 aliphatic carbocycles. The predicted octanol–water partition coefficient (Wildman–Crippen LogP) is 2.72. The van der Waals surface area contributed by atoms with Crippen molar-refractivity contribution in [1.29, 1.82) is 0 Å². The maximum absolute atomic E-state index is 12.8. The molecule has 1 aromatic carbocycles. The Labute approximate surface area is 178 Å². The van der Waals surface area contributed by atoms with Gasteiger partial charge in [-0.15, -0.1) is 23.1 Å². The smallest absolute Gasteiger partial charge is 0.258 e. The van der Waals surface area contributed by atoms with E-state index in [-0.39, 0.29) is 16.7 Å². The average molecular weight is 429 g/mol. The van der Waals surface area contributed by atoms with Crippen molar-refractivity contribution in [3.05, 3.63) is 69.6 Å². The Morgan fingerprint density at radius 3 is 2.72 bits per heavy atom. The van der Waals surface area contributed by atoms with E-state index in [1.54, 1.807) is 28.4 Å². The number of hydrogen-bond donors (Lipinski definition) is 0. The molecule has 3 heterocycles. The van der Waals surface area contributed by atoms with Crippen molar-refractivity contribution < 1.29 is 4.79 Å². The Balaban J connectivity index is 1.28. The molecule has 1 atom stereocenters. The lowest BCUT2D eigenvalue weighted by molar-refractivity contribution is -0.132. The van der Waals surface area contributed by atoms with E-state index in [9.17, 15) is 9.59 Å². The molecular weight excluding hydrogens is 404 g/mol. The third kappa shape index (κ3) is 4.88. The summed E-state index contributed by atoms with van der Waals surface area (Å²) in [6.07, 6.45) is 1.75. The first-order valence-corrected chi connectivity index (χ1v) is 11.7. The predicted molar refractivity (Wildman–Crippen MR) is 118 cm³/mol. The third-order valence-corrected chi connectivity index (χ3v) is 7.07. The highest BCUT2D eigenvalue weighted by molar-refractivity contribution is 7.99. The Bertz CT molecular complexity index is 1030. The summed E-state index contributed by atoms with van der Waals surface area (Å²) in [6, 6.07) is 11.9. The largest absolute Gasteiger partial charge is 0.339 e. The van der Waals surface area contributed by atoms with E-state index in [0.717, 1.165) is 42.6 Å². The Hall–Kier alpha value is -2.16. The number of amides is 1. The molecule has 0 radical (unpaired) electrons. The van der Waals surface area contributed by atoms with E-state index < -0.39 is 0 Å². The van der Waals surface area contributed by atoms with Crippen LogP contribution in [0.4, 0.5) is 0 Å². The topological polar surface area (TPSA) is 57.9 Å². The van der Waals surface area contributed by atoms with Gasteiger partial charge in [-0.3, -0.25) is 18.9 Å². The number of hydrogen-bond acceptors (Lipinski definition) is 6. The van der Waals surface area contributed by atoms with Gasteiger partial charge in [-0.1, -0.05) is 30.3 Å². The summed E-state index contributed by atoms with van der Waals surface area (Å²) in [5.74, 6) is 1.06. The maximum atomic E-state index is 12.8. The molecule has 1 aliphatic rings. The average Bonchev–Trinajstić information content (AvgIpc) is 3.22. The van der Waals surface area contributed by atoms with E-state index in [4.69, 9.17) is 0 Å². The first-order valence-electron chi connectivity index (χ1n) is 9.72. The molecule has 0 N–H and O–H groups in total. The number of aromatic nitrogens is 2. The minimum absolute atomic E-state index is 0.0377. The molecule has 6 nitrogen and oxygen atoms in total. The minimum atomic E-state index is -0.0512. The van der Waals surface area contributed by atoms with Crippen molar-refractivity contribution in [2.24, 2.45) is 0 Å². The van der Waals surface area contributed by atoms with E-state index in [2.05, 4.69) is 22.0 Å². The maximum Gasteiger partial charge on any atom is 0.258 e. The lowest BCUT2D eigenvalue weighted by Gasteiger charge is -2.35. The fourth-order valence-corrected chi connectivity index (χ4v) is 5.11. The zero-order chi connectivity index (χ0) is 20.2. The highest BCUT2D eigenvalue weighted by atomic mass is 32.2. The summed E-state index contributed by atoms with van der Waals surface area (Å²) in [4.78, 5) is 34.4. The Kier molecular flexibility index (Phi) is 6.32. The minimum Gasteiger partial charge on any atom is -0.339 e. The van der Waals surface area contributed by atoms with Crippen LogP contribution in [-0.4, -0.2) is 56.5 Å². The molecule has 4 rings (SSSR count). The molecule has 29 heavy (non-hydrogen) atoms. The molecule has 0 saturated carbocycles. The van der Waals surface area contributed by atoms with E-state index in [1.165, 1.54) is 16.9 Å². The number of fused-ring (bicyclic) bond motifs is 1. The normalized spacial score (nSPS) is 16.2. The number of nitrogens with zero attached hydrogens (tertiary/aromatic N) is 4. The second kappa shape index (κ2) is 9.11. The second-order valence-corrected chi connectivity index (χ2v) is 9.38. The van der Waals surface area contributed by atoms with Gasteiger partial charge >= 0.3 is 0 Å². The van der Waals surface area contributed by atoms with Crippen LogP contribution in [0.3, 0.4) is 0 Å². The standard InChI is InChI=1S/C21H24N4O2S2/c1-16(29-15-17-5-3-2-4-6-17)20(27)24-9-7-23(8-10-24)14-18-13-19(26)25-11-12-28-21(25)22-18/h2-6,11-13,16H,7-10,14-15H2,1H3. The summed E-state index contributed by atoms with van der Waals surface area (Å²) >= 11 is 3.15. The van der Waals surface area contributed by atoms with Gasteiger partial charge in [-0.25, -0.2) is 4.98 Å². The molecular formula is C21H24N4O2S2. The Morgan fingerprint density at radius 2 is 1.97 bits per heavy atom. The van der Waals surface area contributed by atoms with E-state index >= 15 is 0 Å². The van der Waals surface area contributed by atoms with Gasteiger partial charge in [0.15, 0.2) is 4.96 Å². The van der Waals surface area contributed by atoms with Crippen LogP contribution in [0.15, 0.2) is 52.8 Å². The van der Waals surface area contributed by atoms with Crippen molar-refractivity contribution in [3.8, 4) is 0 Å². The number of carbonyl (C=O) groups excluding carboxylic acids is 1. The van der Waals surface area contributed by atoms with Gasteiger partial charge in [0.1, 0.15) is 0 Å². The molecule has 1 aliphatic heterocycles. The number of thiazole rings is 1. The van der Waals surface area contributed by atoms with Crippen LogP contribution in [0.1, 0.15) is 18.2 Å². The van der Waals surface area contributed by atoms with Crippen LogP contribution < -0.4 is 5.56 Å². The van der Waals surface area contributed by atoms with Gasteiger partial charge in [0.05, 0.1) is 10.9 Å². The number of carbonyl (C=O) groups is 1. The summed E-state index contributed by atoms with van der Waals surface area (Å²) in [5, 5.41) is 1.82. The highest BCUT2D eigenvalue weighted by Crippen LogP contribution is 2.20. The molecule has 0 bridgehead atoms. The zero-order valence-corrected chi connectivity index (χ0v) is 18.0. The summed E-state index contributed by atoms with van der Waals surface area (Å²) in [7, 11) is 0. The van der Waals surface area contributed by atoms with E-state index in [1.807, 2.05) is 35.4 Å². The molecule has 1 unspecified atom stereocenters. The van der Waals surface area contributed by atoms with Crippen LogP contribution in [0.5, 0.6) is 0 Å². The molecule has 152 valence electrons. The molecule has 8 heteroatoms. The summed E-state index contributed by atoms with van der Waals surface area (Å²) in [6.45, 7) is 5.67. The highest BCUT2D eigenvalue weighted by Gasteiger charge is 2.25. The number of piperazine rings is 1. The van der Waals surface area contributed by atoms with Crippen LogP contribution in [-0.2, 0) is 17.1 Å². The summed E-state index contributed by atoms with van der Waals surface area (Å²) < 4.78 is 1.57. The second-order valence-electron chi connectivity index (χ2n) is 7.18.